The minimum absolute atomic E-state index is 0.00279. The maximum Gasteiger partial charge on any atom is 0.290 e. The van der Waals surface area contributed by atoms with Crippen LogP contribution in [0.5, 0.6) is 11.5 Å². The molecule has 7 heteroatoms. The average Bonchev–Trinajstić information content (AvgIpc) is 3.22. The van der Waals surface area contributed by atoms with E-state index in [1.807, 2.05) is 42.5 Å². The molecule has 6 nitrogen and oxygen atoms in total. The van der Waals surface area contributed by atoms with Crippen LogP contribution in [0.25, 0.3) is 0 Å². The topological polar surface area (TPSA) is 88.9 Å². The average molecular weight is 484 g/mol. The van der Waals surface area contributed by atoms with Gasteiger partial charge < -0.3 is 19.7 Å². The van der Waals surface area contributed by atoms with Crippen molar-refractivity contribution in [3.05, 3.63) is 88.2 Å². The van der Waals surface area contributed by atoms with Gasteiger partial charge >= 0.3 is 0 Å². The summed E-state index contributed by atoms with van der Waals surface area (Å²) in [6.45, 7) is -0.250. The van der Waals surface area contributed by atoms with Gasteiger partial charge in [0.2, 0.25) is 0 Å². The molecule has 2 aromatic carbocycles. The zero-order valence-corrected chi connectivity index (χ0v) is 18.5. The van der Waals surface area contributed by atoms with Crippen molar-refractivity contribution < 1.29 is 24.5 Å². The normalized spacial score (nSPS) is 25.5. The van der Waals surface area contributed by atoms with Crippen molar-refractivity contribution >= 4 is 22.4 Å². The molecule has 2 heterocycles. The van der Waals surface area contributed by atoms with Crippen LogP contribution in [0, 0.1) is 0 Å². The third-order valence-corrected chi connectivity index (χ3v) is 6.68. The molecular weight excluding hydrogens is 462 g/mol. The van der Waals surface area contributed by atoms with Gasteiger partial charge in [0.05, 0.1) is 25.1 Å². The Morgan fingerprint density at radius 2 is 1.84 bits per heavy atom. The number of carbonyl (C=O) groups is 1. The number of ether oxygens (including phenoxy) is 2. The van der Waals surface area contributed by atoms with Gasteiger partial charge in [-0.15, -0.1) is 0 Å². The Labute approximate surface area is 188 Å². The van der Waals surface area contributed by atoms with Crippen molar-refractivity contribution in [3.8, 4) is 11.5 Å². The highest BCUT2D eigenvalue weighted by molar-refractivity contribution is 9.10. The molecule has 1 aliphatic heterocycles. The number of aliphatic hydroxyl groups is 1. The van der Waals surface area contributed by atoms with Crippen molar-refractivity contribution in [3.63, 3.8) is 0 Å². The Bertz CT molecular complexity index is 1080. The first-order chi connectivity index (χ1) is 15.0. The van der Waals surface area contributed by atoms with Crippen LogP contribution in [0.2, 0.25) is 0 Å². The molecule has 1 fully saturated rings. The maximum atomic E-state index is 12.2. The van der Waals surface area contributed by atoms with Gasteiger partial charge in [-0.25, -0.2) is 0 Å². The molecule has 1 aliphatic carbocycles. The predicted molar refractivity (Wildman–Crippen MR) is 118 cm³/mol. The van der Waals surface area contributed by atoms with Crippen LogP contribution in [0.3, 0.4) is 0 Å². The number of fused-ring (bicyclic) bond motifs is 3. The molecule has 5 rings (SSSR count). The summed E-state index contributed by atoms with van der Waals surface area (Å²) in [7, 11) is 1.60. The summed E-state index contributed by atoms with van der Waals surface area (Å²) < 4.78 is 13.2. The molecule has 0 spiro atoms. The summed E-state index contributed by atoms with van der Waals surface area (Å²) >= 11 is 3.52. The maximum absolute atomic E-state index is 12.2. The third-order valence-electron chi connectivity index (χ3n) is 6.16. The summed E-state index contributed by atoms with van der Waals surface area (Å²) in [5.41, 5.74) is 0.661. The van der Waals surface area contributed by atoms with Gasteiger partial charge in [0.1, 0.15) is 17.1 Å². The van der Waals surface area contributed by atoms with Crippen molar-refractivity contribution in [1.82, 2.24) is 4.98 Å². The molecule has 2 N–H and O–H groups in total. The van der Waals surface area contributed by atoms with Gasteiger partial charge in [-0.2, -0.15) is 0 Å². The molecule has 3 aromatic rings. The largest absolute Gasteiger partial charge is 0.495 e. The van der Waals surface area contributed by atoms with E-state index in [4.69, 9.17) is 19.4 Å². The lowest BCUT2D eigenvalue weighted by molar-refractivity contribution is -0.122. The number of carboxylic acid groups (broad SMARTS) is 1. The molecule has 0 bridgehead atoms. The highest BCUT2D eigenvalue weighted by atomic mass is 79.9. The minimum Gasteiger partial charge on any atom is -0.495 e. The van der Waals surface area contributed by atoms with E-state index >= 15 is 0 Å². The van der Waals surface area contributed by atoms with Crippen LogP contribution in [-0.2, 0) is 16.0 Å². The molecule has 3 atom stereocenters. The van der Waals surface area contributed by atoms with E-state index in [-0.39, 0.29) is 12.4 Å². The summed E-state index contributed by atoms with van der Waals surface area (Å²) in [5, 5.41) is 19.0. The molecule has 31 heavy (non-hydrogen) atoms. The predicted octanol–water partition coefficient (Wildman–Crippen LogP) is 4.61. The molecule has 0 saturated heterocycles. The van der Waals surface area contributed by atoms with Crippen LogP contribution >= 0.6 is 15.9 Å². The summed E-state index contributed by atoms with van der Waals surface area (Å²) in [4.78, 5) is 12.6. The number of halogens is 1. The Hall–Kier alpha value is -2.90. The van der Waals surface area contributed by atoms with Crippen LogP contribution in [0.4, 0.5) is 0 Å². The lowest BCUT2D eigenvalue weighted by Gasteiger charge is -2.40. The number of aromatic nitrogens is 1. The Kier molecular flexibility index (Phi) is 5.73. The number of benzene rings is 2. The SMILES string of the molecule is COc1cncc2c1C1(O)CCC(c3ccccc3)C1(c1ccc(Br)cc1)O2.O=CO. The van der Waals surface area contributed by atoms with Crippen molar-refractivity contribution in [2.24, 2.45) is 0 Å². The number of hydrogen-bond donors (Lipinski definition) is 2. The van der Waals surface area contributed by atoms with Gasteiger partial charge in [0.25, 0.3) is 6.47 Å². The monoisotopic (exact) mass is 483 g/mol. The molecule has 1 saturated carbocycles. The van der Waals surface area contributed by atoms with E-state index in [1.165, 1.54) is 0 Å². The molecule has 0 amide bonds. The van der Waals surface area contributed by atoms with Crippen LogP contribution in [0.15, 0.2) is 71.5 Å². The van der Waals surface area contributed by atoms with Crippen molar-refractivity contribution in [2.45, 2.75) is 30.0 Å². The first kappa shape index (κ1) is 21.3. The molecule has 0 radical (unpaired) electrons. The summed E-state index contributed by atoms with van der Waals surface area (Å²) in [6.07, 6.45) is 4.71. The Morgan fingerprint density at radius 3 is 2.48 bits per heavy atom. The van der Waals surface area contributed by atoms with Gasteiger partial charge in [-0.1, -0.05) is 58.4 Å². The lowest BCUT2D eigenvalue weighted by atomic mass is 9.72. The zero-order chi connectivity index (χ0) is 22.1. The number of nitrogens with zero attached hydrogens (tertiary/aromatic N) is 1. The van der Waals surface area contributed by atoms with Crippen molar-refractivity contribution in [2.75, 3.05) is 7.11 Å². The standard InChI is InChI=1S/C23H20BrNO3.CH2O2/c1-27-19-13-25-14-20-21(19)22(26)12-11-18(15-5-3-2-4-6-15)23(22,28-20)16-7-9-17(24)10-8-16;2-1-3/h2-10,13-14,18,26H,11-12H2,1H3;1H,(H,2,3). The third kappa shape index (κ3) is 3.20. The fourth-order valence-corrected chi connectivity index (χ4v) is 5.28. The number of pyridine rings is 1. The van der Waals surface area contributed by atoms with E-state index < -0.39 is 11.2 Å². The number of rotatable bonds is 3. The highest BCUT2D eigenvalue weighted by Crippen LogP contribution is 2.67. The molecule has 2 aliphatic rings. The first-order valence-corrected chi connectivity index (χ1v) is 10.6. The van der Waals surface area contributed by atoms with Gasteiger partial charge in [-0.3, -0.25) is 9.78 Å². The lowest BCUT2D eigenvalue weighted by Crippen LogP contribution is -2.48. The smallest absolute Gasteiger partial charge is 0.290 e. The highest BCUT2D eigenvalue weighted by Gasteiger charge is 2.69. The van der Waals surface area contributed by atoms with Gasteiger partial charge in [0.15, 0.2) is 5.60 Å². The number of hydrogen-bond acceptors (Lipinski definition) is 5. The fourth-order valence-electron chi connectivity index (χ4n) is 5.02. The Balaban J connectivity index is 0.000000730. The van der Waals surface area contributed by atoms with E-state index in [2.05, 4.69) is 33.0 Å². The van der Waals surface area contributed by atoms with Crippen LogP contribution in [0.1, 0.15) is 35.4 Å². The van der Waals surface area contributed by atoms with E-state index in [0.717, 1.165) is 22.0 Å². The molecule has 1 aromatic heterocycles. The number of methoxy groups -OCH3 is 1. The molecule has 3 unspecified atom stereocenters. The zero-order valence-electron chi connectivity index (χ0n) is 16.9. The second kappa shape index (κ2) is 8.32. The Morgan fingerprint density at radius 1 is 1.16 bits per heavy atom. The van der Waals surface area contributed by atoms with Crippen molar-refractivity contribution in [1.29, 1.82) is 0 Å². The van der Waals surface area contributed by atoms with Gasteiger partial charge in [0, 0.05) is 10.4 Å². The fraction of sp³-hybridized carbons (Fsp3) is 0.250. The van der Waals surface area contributed by atoms with E-state index in [1.54, 1.807) is 19.5 Å². The van der Waals surface area contributed by atoms with E-state index in [0.29, 0.717) is 23.5 Å². The molecule has 160 valence electrons. The first-order valence-electron chi connectivity index (χ1n) is 9.84. The second-order valence-corrected chi connectivity index (χ2v) is 8.44. The van der Waals surface area contributed by atoms with Crippen LogP contribution < -0.4 is 9.47 Å². The van der Waals surface area contributed by atoms with Crippen LogP contribution in [-0.4, -0.2) is 28.8 Å². The second-order valence-electron chi connectivity index (χ2n) is 7.53. The van der Waals surface area contributed by atoms with Gasteiger partial charge in [-0.05, 0) is 36.1 Å². The molecular formula is C24H22BrNO5. The summed E-state index contributed by atoms with van der Waals surface area (Å²) in [5.74, 6) is 1.15. The van der Waals surface area contributed by atoms with E-state index in [9.17, 15) is 5.11 Å². The minimum atomic E-state index is -1.20. The quantitative estimate of drug-likeness (QED) is 0.528. The summed E-state index contributed by atoms with van der Waals surface area (Å²) in [6, 6.07) is 18.3.